The Morgan fingerprint density at radius 2 is 2.00 bits per heavy atom. The highest BCUT2D eigenvalue weighted by atomic mass is 32.2. The molecule has 1 amide bonds. The Hall–Kier alpha value is -1.36. The van der Waals surface area contributed by atoms with Gasteiger partial charge in [-0.2, -0.15) is 0 Å². The summed E-state index contributed by atoms with van der Waals surface area (Å²) >= 11 is 1.66. The Balaban J connectivity index is 1.90. The van der Waals surface area contributed by atoms with E-state index in [0.29, 0.717) is 12.3 Å². The standard InChI is InChI=1S/C15H21NO3S/c1-15(2,3)20-9-14(17)16(4)8-11-5-6-12-13(7-11)19-10-18-12/h5-7H,8-10H2,1-4H3. The first-order chi connectivity index (χ1) is 9.35. The van der Waals surface area contributed by atoms with Gasteiger partial charge >= 0.3 is 0 Å². The number of carbonyl (C=O) groups is 1. The third-order valence-corrected chi connectivity index (χ3v) is 4.17. The van der Waals surface area contributed by atoms with Gasteiger partial charge in [0.25, 0.3) is 0 Å². The molecule has 0 saturated carbocycles. The minimum Gasteiger partial charge on any atom is -0.454 e. The number of hydrogen-bond acceptors (Lipinski definition) is 4. The smallest absolute Gasteiger partial charge is 0.232 e. The molecule has 0 atom stereocenters. The van der Waals surface area contributed by atoms with E-state index < -0.39 is 0 Å². The number of nitrogens with zero attached hydrogens (tertiary/aromatic N) is 1. The molecule has 1 aromatic rings. The number of thioether (sulfide) groups is 1. The molecule has 0 fully saturated rings. The summed E-state index contributed by atoms with van der Waals surface area (Å²) in [5, 5.41) is 0. The predicted molar refractivity (Wildman–Crippen MR) is 81.3 cm³/mol. The van der Waals surface area contributed by atoms with Crippen LogP contribution in [0.25, 0.3) is 0 Å². The van der Waals surface area contributed by atoms with Crippen LogP contribution in [-0.4, -0.2) is 35.1 Å². The highest BCUT2D eigenvalue weighted by Gasteiger charge is 2.17. The molecule has 1 aliphatic heterocycles. The van der Waals surface area contributed by atoms with Crippen molar-refractivity contribution in [3.8, 4) is 11.5 Å². The van der Waals surface area contributed by atoms with Crippen molar-refractivity contribution < 1.29 is 14.3 Å². The molecule has 4 nitrogen and oxygen atoms in total. The zero-order chi connectivity index (χ0) is 14.8. The second kappa shape index (κ2) is 5.95. The van der Waals surface area contributed by atoms with Crippen LogP contribution in [0.3, 0.4) is 0 Å². The summed E-state index contributed by atoms with van der Waals surface area (Å²) in [6.45, 7) is 7.20. The van der Waals surface area contributed by atoms with Gasteiger partial charge in [-0.15, -0.1) is 11.8 Å². The fourth-order valence-electron chi connectivity index (χ4n) is 1.79. The van der Waals surface area contributed by atoms with Crippen molar-refractivity contribution in [1.82, 2.24) is 4.90 Å². The second-order valence-corrected chi connectivity index (χ2v) is 7.64. The van der Waals surface area contributed by atoms with Crippen LogP contribution in [0.2, 0.25) is 0 Å². The van der Waals surface area contributed by atoms with Crippen LogP contribution >= 0.6 is 11.8 Å². The first-order valence-corrected chi connectivity index (χ1v) is 7.60. The lowest BCUT2D eigenvalue weighted by Gasteiger charge is -2.21. The number of ether oxygens (including phenoxy) is 2. The molecule has 110 valence electrons. The predicted octanol–water partition coefficient (Wildman–Crippen LogP) is 2.91. The quantitative estimate of drug-likeness (QED) is 0.856. The minimum atomic E-state index is 0.106. The molecule has 1 aliphatic rings. The number of benzene rings is 1. The molecule has 0 spiro atoms. The summed E-state index contributed by atoms with van der Waals surface area (Å²) in [5.74, 6) is 2.17. The summed E-state index contributed by atoms with van der Waals surface area (Å²) in [4.78, 5) is 13.8. The summed E-state index contributed by atoms with van der Waals surface area (Å²) < 4.78 is 10.7. The lowest BCUT2D eigenvalue weighted by Crippen LogP contribution is -2.29. The number of carbonyl (C=O) groups excluding carboxylic acids is 1. The third kappa shape index (κ3) is 4.07. The van der Waals surface area contributed by atoms with Gasteiger partial charge in [0.15, 0.2) is 11.5 Å². The topological polar surface area (TPSA) is 38.8 Å². The molecular weight excluding hydrogens is 274 g/mol. The van der Waals surface area contributed by atoms with Gasteiger partial charge in [0.2, 0.25) is 12.7 Å². The molecule has 0 N–H and O–H groups in total. The van der Waals surface area contributed by atoms with Crippen LogP contribution in [0, 0.1) is 0 Å². The van der Waals surface area contributed by atoms with E-state index in [2.05, 4.69) is 20.8 Å². The molecule has 0 aliphatic carbocycles. The van der Waals surface area contributed by atoms with Gasteiger partial charge in [0.05, 0.1) is 5.75 Å². The van der Waals surface area contributed by atoms with Gasteiger partial charge < -0.3 is 14.4 Å². The minimum absolute atomic E-state index is 0.106. The van der Waals surface area contributed by atoms with Crippen molar-refractivity contribution in [2.75, 3.05) is 19.6 Å². The first kappa shape index (κ1) is 15.0. The van der Waals surface area contributed by atoms with Crippen molar-refractivity contribution in [3.63, 3.8) is 0 Å². The molecule has 5 heteroatoms. The Labute approximate surface area is 124 Å². The maximum atomic E-state index is 12.1. The molecule has 0 bridgehead atoms. The van der Waals surface area contributed by atoms with E-state index in [0.717, 1.165) is 17.1 Å². The monoisotopic (exact) mass is 295 g/mol. The van der Waals surface area contributed by atoms with Crippen molar-refractivity contribution in [2.24, 2.45) is 0 Å². The van der Waals surface area contributed by atoms with Crippen LogP contribution in [0.4, 0.5) is 0 Å². The number of amides is 1. The number of hydrogen-bond donors (Lipinski definition) is 0. The Bertz CT molecular complexity index is 496. The Morgan fingerprint density at radius 1 is 1.30 bits per heavy atom. The second-order valence-electron chi connectivity index (χ2n) is 5.84. The van der Waals surface area contributed by atoms with E-state index in [1.807, 2.05) is 25.2 Å². The highest BCUT2D eigenvalue weighted by Crippen LogP contribution is 2.32. The van der Waals surface area contributed by atoms with Crippen molar-refractivity contribution >= 4 is 17.7 Å². The van der Waals surface area contributed by atoms with Gasteiger partial charge in [-0.3, -0.25) is 4.79 Å². The molecule has 0 saturated heterocycles. The van der Waals surface area contributed by atoms with Gasteiger partial charge in [0.1, 0.15) is 0 Å². The van der Waals surface area contributed by atoms with Gasteiger partial charge in [-0.05, 0) is 17.7 Å². The van der Waals surface area contributed by atoms with Crippen LogP contribution < -0.4 is 9.47 Å². The van der Waals surface area contributed by atoms with Crippen molar-refractivity contribution in [1.29, 1.82) is 0 Å². The molecule has 20 heavy (non-hydrogen) atoms. The van der Waals surface area contributed by atoms with E-state index in [4.69, 9.17) is 9.47 Å². The molecule has 0 unspecified atom stereocenters. The summed E-state index contributed by atoms with van der Waals surface area (Å²) in [6.07, 6.45) is 0. The largest absolute Gasteiger partial charge is 0.454 e. The van der Waals surface area contributed by atoms with Gasteiger partial charge in [0, 0.05) is 18.3 Å². The van der Waals surface area contributed by atoms with E-state index in [9.17, 15) is 4.79 Å². The van der Waals surface area contributed by atoms with E-state index in [-0.39, 0.29) is 17.4 Å². The molecule has 2 rings (SSSR count). The Kier molecular flexibility index (Phi) is 4.48. The molecule has 0 radical (unpaired) electrons. The van der Waals surface area contributed by atoms with Gasteiger partial charge in [-0.1, -0.05) is 26.8 Å². The SMILES string of the molecule is CN(Cc1ccc2c(c1)OCO2)C(=O)CSC(C)(C)C. The van der Waals surface area contributed by atoms with E-state index >= 15 is 0 Å². The molecule has 1 heterocycles. The fourth-order valence-corrected chi connectivity index (χ4v) is 2.57. The Morgan fingerprint density at radius 3 is 2.70 bits per heavy atom. The maximum Gasteiger partial charge on any atom is 0.232 e. The van der Waals surface area contributed by atoms with Crippen LogP contribution in [0.1, 0.15) is 26.3 Å². The molecule has 1 aromatic carbocycles. The van der Waals surface area contributed by atoms with Crippen LogP contribution in [0.5, 0.6) is 11.5 Å². The normalized spacial score (nSPS) is 13.4. The number of fused-ring (bicyclic) bond motifs is 1. The zero-order valence-electron chi connectivity index (χ0n) is 12.4. The summed E-state index contributed by atoms with van der Waals surface area (Å²) in [5.41, 5.74) is 1.05. The fraction of sp³-hybridized carbons (Fsp3) is 0.533. The van der Waals surface area contributed by atoms with E-state index in [1.54, 1.807) is 16.7 Å². The number of rotatable bonds is 4. The van der Waals surface area contributed by atoms with Crippen molar-refractivity contribution in [2.45, 2.75) is 32.1 Å². The van der Waals surface area contributed by atoms with Crippen LogP contribution in [-0.2, 0) is 11.3 Å². The summed E-state index contributed by atoms with van der Waals surface area (Å²) in [6, 6.07) is 5.79. The van der Waals surface area contributed by atoms with Crippen molar-refractivity contribution in [3.05, 3.63) is 23.8 Å². The third-order valence-electron chi connectivity index (χ3n) is 2.91. The average molecular weight is 295 g/mol. The van der Waals surface area contributed by atoms with Crippen LogP contribution in [0.15, 0.2) is 18.2 Å². The maximum absolute atomic E-state index is 12.1. The average Bonchev–Trinajstić information content (AvgIpc) is 2.82. The zero-order valence-corrected chi connectivity index (χ0v) is 13.3. The van der Waals surface area contributed by atoms with E-state index in [1.165, 1.54) is 0 Å². The highest BCUT2D eigenvalue weighted by molar-refractivity contribution is 8.01. The first-order valence-electron chi connectivity index (χ1n) is 6.61. The lowest BCUT2D eigenvalue weighted by molar-refractivity contribution is -0.127. The lowest BCUT2D eigenvalue weighted by atomic mass is 10.2. The van der Waals surface area contributed by atoms with Gasteiger partial charge in [-0.25, -0.2) is 0 Å². The molecule has 0 aromatic heterocycles. The summed E-state index contributed by atoms with van der Waals surface area (Å²) in [7, 11) is 1.83. The molecular formula is C15H21NO3S.